The molecule has 0 aliphatic heterocycles. The van der Waals surface area contributed by atoms with Gasteiger partial charge in [-0.15, -0.1) is 0 Å². The molecule has 0 saturated heterocycles. The highest BCUT2D eigenvalue weighted by Gasteiger charge is 2.28. The minimum Gasteiger partial charge on any atom is -0.391 e. The standard InChI is InChI=1S/C24H26FN5O2/c25-19-12-21-15(3-6-23(32)29-21)10-17(19)14-28-20-5-4-18(11-22(20)31)27-13-16-2-1-8-30-9-7-26-24(16)30/h1-3,6-10,12,18,20,22,27-28,31H,4-5,11,13-14H2,(H,29,32)/t18-,20-,22+/m0/s1. The number of aliphatic hydroxyl groups is 1. The van der Waals surface area contributed by atoms with Crippen LogP contribution in [0.1, 0.15) is 30.4 Å². The lowest BCUT2D eigenvalue weighted by atomic mass is 9.88. The largest absolute Gasteiger partial charge is 0.391 e. The predicted octanol–water partition coefficient (Wildman–Crippen LogP) is 2.48. The molecule has 4 aromatic rings. The summed E-state index contributed by atoms with van der Waals surface area (Å²) in [5, 5.41) is 18.3. The van der Waals surface area contributed by atoms with E-state index in [9.17, 15) is 14.3 Å². The van der Waals surface area contributed by atoms with Gasteiger partial charge in [0.15, 0.2) is 0 Å². The molecular formula is C24H26FN5O2. The molecule has 0 bridgehead atoms. The molecule has 7 nitrogen and oxygen atoms in total. The molecule has 1 aliphatic rings. The first-order valence-electron chi connectivity index (χ1n) is 10.9. The molecule has 1 aromatic carbocycles. The summed E-state index contributed by atoms with van der Waals surface area (Å²) in [7, 11) is 0. The topological polar surface area (TPSA) is 94.5 Å². The Morgan fingerprint density at radius 2 is 2.00 bits per heavy atom. The zero-order valence-electron chi connectivity index (χ0n) is 17.6. The van der Waals surface area contributed by atoms with Crippen LogP contribution in [0.2, 0.25) is 0 Å². The lowest BCUT2D eigenvalue weighted by molar-refractivity contribution is 0.0741. The molecule has 4 N–H and O–H groups in total. The van der Waals surface area contributed by atoms with Crippen LogP contribution in [0.15, 0.2) is 59.8 Å². The number of hydrogen-bond donors (Lipinski definition) is 4. The second-order valence-electron chi connectivity index (χ2n) is 8.49. The Hall–Kier alpha value is -3.07. The van der Waals surface area contributed by atoms with Gasteiger partial charge < -0.3 is 25.1 Å². The molecule has 166 valence electrons. The maximum atomic E-state index is 14.5. The lowest BCUT2D eigenvalue weighted by Crippen LogP contribution is -2.48. The van der Waals surface area contributed by atoms with Gasteiger partial charge in [-0.1, -0.05) is 6.07 Å². The normalized spacial score (nSPS) is 21.4. The average molecular weight is 436 g/mol. The summed E-state index contributed by atoms with van der Waals surface area (Å²) < 4.78 is 16.5. The summed E-state index contributed by atoms with van der Waals surface area (Å²) in [6.07, 6.45) is 7.54. The van der Waals surface area contributed by atoms with Gasteiger partial charge in [-0.05, 0) is 48.9 Å². The third-order valence-electron chi connectivity index (χ3n) is 6.34. The summed E-state index contributed by atoms with van der Waals surface area (Å²) >= 11 is 0. The average Bonchev–Trinajstić information content (AvgIpc) is 3.27. The molecule has 0 amide bonds. The summed E-state index contributed by atoms with van der Waals surface area (Å²) in [6.45, 7) is 1.02. The van der Waals surface area contributed by atoms with Crippen LogP contribution >= 0.6 is 0 Å². The van der Waals surface area contributed by atoms with Crippen molar-refractivity contribution >= 4 is 16.6 Å². The second-order valence-corrected chi connectivity index (χ2v) is 8.49. The Morgan fingerprint density at radius 1 is 1.12 bits per heavy atom. The summed E-state index contributed by atoms with van der Waals surface area (Å²) in [4.78, 5) is 18.5. The molecule has 3 aromatic heterocycles. The van der Waals surface area contributed by atoms with Crippen molar-refractivity contribution in [2.24, 2.45) is 0 Å². The summed E-state index contributed by atoms with van der Waals surface area (Å²) in [5.74, 6) is -0.371. The van der Waals surface area contributed by atoms with E-state index in [1.165, 1.54) is 12.1 Å². The van der Waals surface area contributed by atoms with Crippen molar-refractivity contribution in [3.63, 3.8) is 0 Å². The number of H-pyrrole nitrogens is 1. The molecule has 0 unspecified atom stereocenters. The Bertz CT molecular complexity index is 1300. The highest BCUT2D eigenvalue weighted by molar-refractivity contribution is 5.79. The van der Waals surface area contributed by atoms with Gasteiger partial charge in [0.1, 0.15) is 11.5 Å². The van der Waals surface area contributed by atoms with E-state index < -0.39 is 6.10 Å². The van der Waals surface area contributed by atoms with Crippen molar-refractivity contribution < 1.29 is 9.50 Å². The van der Waals surface area contributed by atoms with Crippen LogP contribution in [0.3, 0.4) is 0 Å². The van der Waals surface area contributed by atoms with Gasteiger partial charge in [0.05, 0.1) is 11.6 Å². The zero-order valence-corrected chi connectivity index (χ0v) is 17.6. The monoisotopic (exact) mass is 435 g/mol. The summed E-state index contributed by atoms with van der Waals surface area (Å²) in [6, 6.07) is 10.4. The van der Waals surface area contributed by atoms with Gasteiger partial charge in [0, 0.05) is 61.0 Å². The van der Waals surface area contributed by atoms with Crippen LogP contribution in [0.5, 0.6) is 0 Å². The zero-order chi connectivity index (χ0) is 22.1. The fourth-order valence-electron chi connectivity index (χ4n) is 4.57. The van der Waals surface area contributed by atoms with Gasteiger partial charge in [-0.2, -0.15) is 0 Å². The van der Waals surface area contributed by atoms with E-state index in [0.717, 1.165) is 29.4 Å². The first-order valence-corrected chi connectivity index (χ1v) is 10.9. The first-order chi connectivity index (χ1) is 15.6. The molecule has 1 fully saturated rings. The smallest absolute Gasteiger partial charge is 0.248 e. The number of nitrogens with one attached hydrogen (secondary N) is 3. The third-order valence-corrected chi connectivity index (χ3v) is 6.34. The number of pyridine rings is 2. The number of aromatic nitrogens is 3. The molecule has 3 atom stereocenters. The van der Waals surface area contributed by atoms with E-state index in [0.29, 0.717) is 30.6 Å². The molecule has 8 heteroatoms. The maximum absolute atomic E-state index is 14.5. The molecule has 3 heterocycles. The Labute approximate surface area is 184 Å². The van der Waals surface area contributed by atoms with Gasteiger partial charge in [-0.3, -0.25) is 4.79 Å². The molecule has 1 aliphatic carbocycles. The van der Waals surface area contributed by atoms with Crippen molar-refractivity contribution in [1.82, 2.24) is 25.0 Å². The summed E-state index contributed by atoms with van der Waals surface area (Å²) in [5.41, 5.74) is 2.82. The van der Waals surface area contributed by atoms with E-state index in [2.05, 4.69) is 26.7 Å². The molecule has 5 rings (SSSR count). The van der Waals surface area contributed by atoms with Crippen molar-refractivity contribution in [3.05, 3.63) is 82.3 Å². The molecule has 0 radical (unpaired) electrons. The van der Waals surface area contributed by atoms with Crippen LogP contribution in [0, 0.1) is 5.82 Å². The molecule has 1 saturated carbocycles. The first kappa shape index (κ1) is 20.8. The number of hydrogen-bond acceptors (Lipinski definition) is 5. The Balaban J connectivity index is 1.17. The van der Waals surface area contributed by atoms with Crippen LogP contribution in [-0.4, -0.2) is 37.7 Å². The molecular weight excluding hydrogens is 409 g/mol. The van der Waals surface area contributed by atoms with Crippen molar-refractivity contribution in [1.29, 1.82) is 0 Å². The van der Waals surface area contributed by atoms with Gasteiger partial charge in [0.25, 0.3) is 0 Å². The highest BCUT2D eigenvalue weighted by Crippen LogP contribution is 2.22. The molecule has 32 heavy (non-hydrogen) atoms. The van der Waals surface area contributed by atoms with Crippen LogP contribution in [0.4, 0.5) is 4.39 Å². The third kappa shape index (κ3) is 4.29. The van der Waals surface area contributed by atoms with E-state index in [1.54, 1.807) is 18.3 Å². The minimum absolute atomic E-state index is 0.0885. The number of aliphatic hydroxyl groups excluding tert-OH is 1. The maximum Gasteiger partial charge on any atom is 0.248 e. The molecule has 0 spiro atoms. The van der Waals surface area contributed by atoms with Crippen LogP contribution < -0.4 is 16.2 Å². The van der Waals surface area contributed by atoms with Crippen molar-refractivity contribution in [2.45, 2.75) is 50.5 Å². The van der Waals surface area contributed by atoms with Gasteiger partial charge in [0.2, 0.25) is 5.56 Å². The SMILES string of the molecule is O=c1ccc2cc(CN[C@H]3CC[C@H](NCc4cccn5ccnc45)C[C@H]3O)c(F)cc2[nH]1. The number of nitrogens with zero attached hydrogens (tertiary/aromatic N) is 2. The fraction of sp³-hybridized carbons (Fsp3) is 0.333. The number of fused-ring (bicyclic) bond motifs is 2. The van der Waals surface area contributed by atoms with Crippen molar-refractivity contribution in [2.75, 3.05) is 0 Å². The predicted molar refractivity (Wildman–Crippen MR) is 121 cm³/mol. The Kier molecular flexibility index (Phi) is 5.73. The second kappa shape index (κ2) is 8.82. The number of benzene rings is 1. The van der Waals surface area contributed by atoms with E-state index in [4.69, 9.17) is 0 Å². The number of imidazole rings is 1. The number of aromatic amines is 1. The van der Waals surface area contributed by atoms with E-state index in [-0.39, 0.29) is 23.5 Å². The van der Waals surface area contributed by atoms with E-state index in [1.807, 2.05) is 22.9 Å². The number of halogens is 1. The number of rotatable bonds is 6. The van der Waals surface area contributed by atoms with Gasteiger partial charge in [-0.25, -0.2) is 9.37 Å². The minimum atomic E-state index is -0.511. The fourth-order valence-corrected chi connectivity index (χ4v) is 4.57. The lowest BCUT2D eigenvalue weighted by Gasteiger charge is -2.34. The highest BCUT2D eigenvalue weighted by atomic mass is 19.1. The van der Waals surface area contributed by atoms with Gasteiger partial charge >= 0.3 is 0 Å². The van der Waals surface area contributed by atoms with Crippen molar-refractivity contribution in [3.8, 4) is 0 Å². The van der Waals surface area contributed by atoms with Crippen LogP contribution in [0.25, 0.3) is 16.6 Å². The Morgan fingerprint density at radius 3 is 2.88 bits per heavy atom. The van der Waals surface area contributed by atoms with E-state index >= 15 is 0 Å². The quantitative estimate of drug-likeness (QED) is 0.373. The van der Waals surface area contributed by atoms with Crippen LogP contribution in [-0.2, 0) is 13.1 Å².